The summed E-state index contributed by atoms with van der Waals surface area (Å²) in [5.41, 5.74) is 1.05. The van der Waals surface area contributed by atoms with Gasteiger partial charge in [-0.05, 0) is 12.1 Å². The largest absolute Gasteiger partial charge is 0.478 e. The Morgan fingerprint density at radius 1 is 1.35 bits per heavy atom. The Bertz CT molecular complexity index is 668. The summed E-state index contributed by atoms with van der Waals surface area (Å²) in [6.07, 6.45) is 2.77. The van der Waals surface area contributed by atoms with E-state index in [9.17, 15) is 4.79 Å². The number of carbonyl (C=O) groups is 1. The van der Waals surface area contributed by atoms with Crippen molar-refractivity contribution in [3.8, 4) is 5.13 Å². The van der Waals surface area contributed by atoms with Crippen molar-refractivity contribution in [3.63, 3.8) is 0 Å². The van der Waals surface area contributed by atoms with Crippen molar-refractivity contribution in [1.82, 2.24) is 14.8 Å². The van der Waals surface area contributed by atoms with Crippen molar-refractivity contribution in [2.24, 2.45) is 0 Å². The van der Waals surface area contributed by atoms with E-state index in [0.29, 0.717) is 5.13 Å². The minimum atomic E-state index is -0.989. The van der Waals surface area contributed by atoms with Crippen LogP contribution >= 0.6 is 11.3 Å². The highest BCUT2D eigenvalue weighted by Gasteiger charge is 2.10. The molecule has 0 unspecified atom stereocenters. The molecular formula is C11H7N3O2S. The number of carboxylic acid groups (broad SMARTS) is 1. The van der Waals surface area contributed by atoms with Crippen LogP contribution in [0.25, 0.3) is 15.3 Å². The number of para-hydroxylation sites is 1. The van der Waals surface area contributed by atoms with Gasteiger partial charge in [-0.1, -0.05) is 23.5 Å². The average molecular weight is 245 g/mol. The van der Waals surface area contributed by atoms with Gasteiger partial charge in [0.2, 0.25) is 5.13 Å². The van der Waals surface area contributed by atoms with Crippen molar-refractivity contribution in [2.75, 3.05) is 0 Å². The van der Waals surface area contributed by atoms with Crippen LogP contribution in [0.1, 0.15) is 10.4 Å². The van der Waals surface area contributed by atoms with E-state index in [0.717, 1.165) is 10.2 Å². The summed E-state index contributed by atoms with van der Waals surface area (Å²) in [4.78, 5) is 15.1. The molecule has 0 aliphatic carbocycles. The Morgan fingerprint density at radius 3 is 2.88 bits per heavy atom. The molecule has 3 rings (SSSR count). The average Bonchev–Trinajstić information content (AvgIpc) is 2.95. The van der Waals surface area contributed by atoms with Crippen molar-refractivity contribution in [1.29, 1.82) is 0 Å². The monoisotopic (exact) mass is 245 g/mol. The lowest BCUT2D eigenvalue weighted by molar-refractivity contribution is 0.0697. The Morgan fingerprint density at radius 2 is 2.18 bits per heavy atom. The fourth-order valence-electron chi connectivity index (χ4n) is 1.50. The van der Waals surface area contributed by atoms with E-state index in [1.807, 2.05) is 24.3 Å². The number of fused-ring (bicyclic) bond motifs is 1. The first-order chi connectivity index (χ1) is 8.24. The van der Waals surface area contributed by atoms with Crippen LogP contribution in [0.4, 0.5) is 0 Å². The molecule has 0 saturated carbocycles. The highest BCUT2D eigenvalue weighted by Crippen LogP contribution is 2.24. The molecule has 2 aromatic heterocycles. The molecule has 1 aromatic carbocycles. The number of carboxylic acids is 1. The molecule has 0 aliphatic rings. The minimum absolute atomic E-state index is 0.157. The van der Waals surface area contributed by atoms with E-state index in [2.05, 4.69) is 10.1 Å². The van der Waals surface area contributed by atoms with Gasteiger partial charge in [-0.25, -0.2) is 14.5 Å². The predicted molar refractivity (Wildman–Crippen MR) is 63.7 cm³/mol. The summed E-state index contributed by atoms with van der Waals surface area (Å²) in [6.45, 7) is 0. The van der Waals surface area contributed by atoms with Crippen LogP contribution < -0.4 is 0 Å². The third-order valence-corrected chi connectivity index (χ3v) is 3.33. The maximum absolute atomic E-state index is 10.7. The van der Waals surface area contributed by atoms with Crippen LogP contribution in [0, 0.1) is 0 Å². The molecule has 0 aliphatic heterocycles. The summed E-state index contributed by atoms with van der Waals surface area (Å²) in [5, 5.41) is 13.5. The maximum Gasteiger partial charge on any atom is 0.338 e. The second-order valence-electron chi connectivity index (χ2n) is 3.44. The Hall–Kier alpha value is -2.21. The van der Waals surface area contributed by atoms with Crippen molar-refractivity contribution >= 4 is 27.5 Å². The number of benzene rings is 1. The van der Waals surface area contributed by atoms with Gasteiger partial charge in [-0.3, -0.25) is 0 Å². The van der Waals surface area contributed by atoms with Crippen molar-refractivity contribution < 1.29 is 9.90 Å². The third kappa shape index (κ3) is 1.68. The van der Waals surface area contributed by atoms with Crippen LogP contribution in [-0.2, 0) is 0 Å². The zero-order valence-electron chi connectivity index (χ0n) is 8.57. The smallest absolute Gasteiger partial charge is 0.338 e. The normalized spacial score (nSPS) is 10.8. The van der Waals surface area contributed by atoms with Crippen LogP contribution in [0.3, 0.4) is 0 Å². The summed E-state index contributed by atoms with van der Waals surface area (Å²) in [6, 6.07) is 7.74. The third-order valence-electron chi connectivity index (χ3n) is 2.31. The van der Waals surface area contributed by atoms with E-state index < -0.39 is 5.97 Å². The van der Waals surface area contributed by atoms with Gasteiger partial charge in [0.15, 0.2) is 0 Å². The fraction of sp³-hybridized carbons (Fsp3) is 0. The molecule has 5 nitrogen and oxygen atoms in total. The van der Waals surface area contributed by atoms with Gasteiger partial charge in [0.05, 0.1) is 22.0 Å². The predicted octanol–water partition coefficient (Wildman–Crippen LogP) is 2.18. The van der Waals surface area contributed by atoms with Crippen LogP contribution in [0.5, 0.6) is 0 Å². The molecule has 0 radical (unpaired) electrons. The molecule has 0 bridgehead atoms. The minimum Gasteiger partial charge on any atom is -0.478 e. The second kappa shape index (κ2) is 3.67. The molecular weight excluding hydrogens is 238 g/mol. The summed E-state index contributed by atoms with van der Waals surface area (Å²) < 4.78 is 2.53. The lowest BCUT2D eigenvalue weighted by atomic mass is 10.3. The van der Waals surface area contributed by atoms with Gasteiger partial charge in [-0.15, -0.1) is 0 Å². The number of hydrogen-bond donors (Lipinski definition) is 1. The first kappa shape index (κ1) is 9.98. The first-order valence-electron chi connectivity index (χ1n) is 4.88. The van der Waals surface area contributed by atoms with Gasteiger partial charge < -0.3 is 5.11 Å². The highest BCUT2D eigenvalue weighted by atomic mass is 32.1. The second-order valence-corrected chi connectivity index (χ2v) is 4.45. The van der Waals surface area contributed by atoms with Gasteiger partial charge in [0.1, 0.15) is 0 Å². The number of hydrogen-bond acceptors (Lipinski definition) is 4. The highest BCUT2D eigenvalue weighted by molar-refractivity contribution is 7.20. The standard InChI is InChI=1S/C11H7N3O2S/c15-10(16)7-5-12-14(6-7)11-13-8-3-1-2-4-9(8)17-11/h1-6H,(H,15,16). The number of nitrogens with zero attached hydrogens (tertiary/aromatic N) is 3. The number of rotatable bonds is 2. The topological polar surface area (TPSA) is 68.0 Å². The van der Waals surface area contributed by atoms with Crippen molar-refractivity contribution in [2.45, 2.75) is 0 Å². The zero-order valence-corrected chi connectivity index (χ0v) is 9.39. The summed E-state index contributed by atoms with van der Waals surface area (Å²) in [5.74, 6) is -0.989. The molecule has 6 heteroatoms. The molecule has 3 aromatic rings. The molecule has 0 spiro atoms. The summed E-state index contributed by atoms with van der Waals surface area (Å²) >= 11 is 1.47. The molecule has 0 amide bonds. The van der Waals surface area contributed by atoms with Crippen LogP contribution in [-0.4, -0.2) is 25.8 Å². The molecule has 84 valence electrons. The van der Waals surface area contributed by atoms with Crippen molar-refractivity contribution in [3.05, 3.63) is 42.2 Å². The molecule has 0 fully saturated rings. The Balaban J connectivity index is 2.10. The van der Waals surface area contributed by atoms with E-state index in [1.54, 1.807) is 0 Å². The fourth-order valence-corrected chi connectivity index (χ4v) is 2.39. The van der Waals surface area contributed by atoms with Crippen LogP contribution in [0.15, 0.2) is 36.7 Å². The first-order valence-corrected chi connectivity index (χ1v) is 5.69. The molecule has 0 saturated heterocycles. The Kier molecular flexibility index (Phi) is 2.15. The van der Waals surface area contributed by atoms with Gasteiger partial charge >= 0.3 is 5.97 Å². The van der Waals surface area contributed by atoms with Gasteiger partial charge in [0.25, 0.3) is 0 Å². The molecule has 17 heavy (non-hydrogen) atoms. The van der Waals surface area contributed by atoms with Crippen LogP contribution in [0.2, 0.25) is 0 Å². The number of thiazole rings is 1. The number of aromatic carboxylic acids is 1. The van der Waals surface area contributed by atoms with E-state index >= 15 is 0 Å². The quantitative estimate of drug-likeness (QED) is 0.751. The Labute approximate surface area is 100.0 Å². The van der Waals surface area contributed by atoms with Gasteiger partial charge in [-0.2, -0.15) is 5.10 Å². The summed E-state index contributed by atoms with van der Waals surface area (Å²) in [7, 11) is 0. The SMILES string of the molecule is O=C(O)c1cnn(-c2nc3ccccc3s2)c1. The molecule has 0 atom stereocenters. The van der Waals surface area contributed by atoms with E-state index in [1.165, 1.54) is 28.4 Å². The molecule has 1 N–H and O–H groups in total. The van der Waals surface area contributed by atoms with E-state index in [-0.39, 0.29) is 5.56 Å². The molecule has 2 heterocycles. The zero-order chi connectivity index (χ0) is 11.8. The maximum atomic E-state index is 10.7. The van der Waals surface area contributed by atoms with E-state index in [4.69, 9.17) is 5.11 Å². The lowest BCUT2D eigenvalue weighted by Gasteiger charge is -1.91. The lowest BCUT2D eigenvalue weighted by Crippen LogP contribution is -1.94. The van der Waals surface area contributed by atoms with Gasteiger partial charge in [0, 0.05) is 6.20 Å². The number of aromatic nitrogens is 3.